The van der Waals surface area contributed by atoms with E-state index < -0.39 is 5.91 Å². The van der Waals surface area contributed by atoms with Crippen LogP contribution in [-0.4, -0.2) is 54.4 Å². The average Bonchev–Trinajstić information content (AvgIpc) is 2.72. The van der Waals surface area contributed by atoms with Crippen molar-refractivity contribution in [2.45, 2.75) is 26.3 Å². The number of amides is 2. The Kier molecular flexibility index (Phi) is 7.23. The molecule has 29 heavy (non-hydrogen) atoms. The quantitative estimate of drug-likeness (QED) is 0.751. The number of benzene rings is 1. The first kappa shape index (κ1) is 21.3. The van der Waals surface area contributed by atoms with E-state index in [0.29, 0.717) is 24.0 Å². The number of nitrogens with zero attached hydrogens (tertiary/aromatic N) is 2. The molecular weight excluding hydrogens is 388 g/mol. The summed E-state index contributed by atoms with van der Waals surface area (Å²) in [6.07, 6.45) is 1.47. The van der Waals surface area contributed by atoms with E-state index in [1.54, 1.807) is 6.07 Å². The summed E-state index contributed by atoms with van der Waals surface area (Å²) in [5.41, 5.74) is 2.89. The molecule has 1 saturated heterocycles. The third-order valence-electron chi connectivity index (χ3n) is 5.28. The van der Waals surface area contributed by atoms with Gasteiger partial charge in [0.25, 0.3) is 5.91 Å². The molecule has 0 radical (unpaired) electrons. The number of rotatable bonds is 6. The molecule has 0 atom stereocenters. The molecule has 1 aliphatic heterocycles. The van der Waals surface area contributed by atoms with E-state index in [0.717, 1.165) is 19.6 Å². The average molecular weight is 416 g/mol. The number of pyridine rings is 1. The van der Waals surface area contributed by atoms with Crippen LogP contribution < -0.4 is 10.2 Å². The summed E-state index contributed by atoms with van der Waals surface area (Å²) < 4.78 is 0. The van der Waals surface area contributed by atoms with Crippen molar-refractivity contribution in [3.05, 3.63) is 64.4 Å². The minimum absolute atomic E-state index is 0.0287. The van der Waals surface area contributed by atoms with Gasteiger partial charge in [0.1, 0.15) is 12.2 Å². The van der Waals surface area contributed by atoms with Gasteiger partial charge in [0.15, 0.2) is 0 Å². The van der Waals surface area contributed by atoms with Crippen molar-refractivity contribution in [2.75, 3.05) is 32.7 Å². The Hall–Kier alpha value is -2.44. The second-order valence-corrected chi connectivity index (χ2v) is 8.18. The molecule has 154 valence electrons. The summed E-state index contributed by atoms with van der Waals surface area (Å²) in [4.78, 5) is 31.8. The predicted octanol–water partition coefficient (Wildman–Crippen LogP) is 1.52. The van der Waals surface area contributed by atoms with Crippen molar-refractivity contribution in [1.82, 2.24) is 15.2 Å². The first-order valence-corrected chi connectivity index (χ1v) is 10.4. The Bertz CT molecular complexity index is 846. The zero-order valence-corrected chi connectivity index (χ0v) is 17.7. The molecule has 0 spiro atoms. The molecule has 1 aliphatic rings. The van der Waals surface area contributed by atoms with Gasteiger partial charge < -0.3 is 15.1 Å². The van der Waals surface area contributed by atoms with Crippen molar-refractivity contribution in [1.29, 1.82) is 0 Å². The molecule has 1 fully saturated rings. The minimum Gasteiger partial charge on any atom is -0.342 e. The summed E-state index contributed by atoms with van der Waals surface area (Å²) in [6.45, 7) is 8.54. The Labute approximate surface area is 176 Å². The number of carbonyl (C=O) groups is 2. The summed E-state index contributed by atoms with van der Waals surface area (Å²) in [5, 5.41) is 3.07. The molecule has 3 rings (SSSR count). The first-order valence-electron chi connectivity index (χ1n) is 10.0. The van der Waals surface area contributed by atoms with Crippen molar-refractivity contribution in [3.63, 3.8) is 0 Å². The van der Waals surface area contributed by atoms with Gasteiger partial charge in [-0.2, -0.15) is 0 Å². The predicted molar refractivity (Wildman–Crippen MR) is 113 cm³/mol. The van der Waals surface area contributed by atoms with Crippen molar-refractivity contribution < 1.29 is 14.5 Å². The van der Waals surface area contributed by atoms with Gasteiger partial charge in [-0.1, -0.05) is 49.7 Å². The lowest BCUT2D eigenvalue weighted by Crippen LogP contribution is -3.13. The number of nitrogens with one attached hydrogen (secondary N) is 2. The molecule has 2 aromatic rings. The van der Waals surface area contributed by atoms with Gasteiger partial charge in [0.05, 0.1) is 32.7 Å². The van der Waals surface area contributed by atoms with Gasteiger partial charge in [-0.05, 0) is 23.6 Å². The summed E-state index contributed by atoms with van der Waals surface area (Å²) >= 11 is 5.87. The molecule has 6 nitrogen and oxygen atoms in total. The highest BCUT2D eigenvalue weighted by Gasteiger charge is 2.24. The summed E-state index contributed by atoms with van der Waals surface area (Å²) in [5.74, 6) is 0.0803. The van der Waals surface area contributed by atoms with E-state index in [2.05, 4.69) is 48.4 Å². The molecule has 1 aromatic carbocycles. The second-order valence-electron chi connectivity index (χ2n) is 7.75. The van der Waals surface area contributed by atoms with Gasteiger partial charge in [-0.15, -0.1) is 0 Å². The van der Waals surface area contributed by atoms with Gasteiger partial charge in [-0.25, -0.2) is 0 Å². The van der Waals surface area contributed by atoms with Crippen LogP contribution in [0.15, 0.2) is 42.6 Å². The minimum atomic E-state index is -0.394. The highest BCUT2D eigenvalue weighted by atomic mass is 35.5. The lowest BCUT2D eigenvalue weighted by Gasteiger charge is -2.32. The van der Waals surface area contributed by atoms with E-state index in [9.17, 15) is 9.59 Å². The van der Waals surface area contributed by atoms with E-state index in [4.69, 9.17) is 11.6 Å². The third kappa shape index (κ3) is 6.02. The Balaban J connectivity index is 1.42. The summed E-state index contributed by atoms with van der Waals surface area (Å²) in [6, 6.07) is 11.9. The van der Waals surface area contributed by atoms with Crippen LogP contribution in [-0.2, 0) is 11.3 Å². The SMILES string of the molecule is CC(C)c1ccc(C[NH+]2CCN(C(=O)CNC(=O)c3cc(Cl)ccn3)CC2)cc1. The van der Waals surface area contributed by atoms with E-state index >= 15 is 0 Å². The Morgan fingerprint density at radius 3 is 2.48 bits per heavy atom. The van der Waals surface area contributed by atoms with Crippen LogP contribution >= 0.6 is 11.6 Å². The number of piperazine rings is 1. The fourth-order valence-corrected chi connectivity index (χ4v) is 3.61. The van der Waals surface area contributed by atoms with Gasteiger partial charge in [-0.3, -0.25) is 14.6 Å². The molecule has 2 N–H and O–H groups in total. The van der Waals surface area contributed by atoms with E-state index in [-0.39, 0.29) is 18.1 Å². The second kappa shape index (κ2) is 9.85. The molecule has 0 saturated carbocycles. The van der Waals surface area contributed by atoms with Crippen LogP contribution in [0, 0.1) is 0 Å². The van der Waals surface area contributed by atoms with Gasteiger partial charge in [0.2, 0.25) is 5.91 Å². The normalized spacial score (nSPS) is 14.8. The van der Waals surface area contributed by atoms with E-state index in [1.165, 1.54) is 28.3 Å². The molecule has 1 aromatic heterocycles. The number of quaternary nitrogens is 1. The zero-order valence-electron chi connectivity index (χ0n) is 17.0. The summed E-state index contributed by atoms with van der Waals surface area (Å²) in [7, 11) is 0. The lowest BCUT2D eigenvalue weighted by atomic mass is 10.0. The smallest absolute Gasteiger partial charge is 0.270 e. The van der Waals surface area contributed by atoms with Crippen LogP contribution in [0.5, 0.6) is 0 Å². The van der Waals surface area contributed by atoms with Gasteiger partial charge in [0, 0.05) is 16.8 Å². The Morgan fingerprint density at radius 2 is 1.86 bits per heavy atom. The number of carbonyl (C=O) groups excluding carboxylic acids is 2. The number of hydrogen-bond donors (Lipinski definition) is 2. The number of aromatic nitrogens is 1. The largest absolute Gasteiger partial charge is 0.342 e. The molecule has 2 heterocycles. The van der Waals surface area contributed by atoms with Crippen LogP contribution in [0.4, 0.5) is 0 Å². The highest BCUT2D eigenvalue weighted by Crippen LogP contribution is 2.14. The van der Waals surface area contributed by atoms with Crippen molar-refractivity contribution in [3.8, 4) is 0 Å². The third-order valence-corrected chi connectivity index (χ3v) is 5.51. The van der Waals surface area contributed by atoms with Crippen molar-refractivity contribution in [2.24, 2.45) is 0 Å². The molecule has 0 unspecified atom stereocenters. The molecule has 0 aliphatic carbocycles. The number of halogens is 1. The van der Waals surface area contributed by atoms with Crippen LogP contribution in [0.3, 0.4) is 0 Å². The fourth-order valence-electron chi connectivity index (χ4n) is 3.45. The maximum atomic E-state index is 12.4. The van der Waals surface area contributed by atoms with Crippen molar-refractivity contribution >= 4 is 23.4 Å². The van der Waals surface area contributed by atoms with Crippen LogP contribution in [0.1, 0.15) is 41.4 Å². The first-order chi connectivity index (χ1) is 13.9. The Morgan fingerprint density at radius 1 is 1.17 bits per heavy atom. The van der Waals surface area contributed by atoms with E-state index in [1.807, 2.05) is 4.90 Å². The molecular formula is C22H28ClN4O2+. The highest BCUT2D eigenvalue weighted by molar-refractivity contribution is 6.30. The van der Waals surface area contributed by atoms with Crippen LogP contribution in [0.2, 0.25) is 5.02 Å². The molecule has 0 bridgehead atoms. The zero-order chi connectivity index (χ0) is 20.8. The lowest BCUT2D eigenvalue weighted by molar-refractivity contribution is -0.917. The number of hydrogen-bond acceptors (Lipinski definition) is 3. The molecule has 7 heteroatoms. The monoisotopic (exact) mass is 415 g/mol. The fraction of sp³-hybridized carbons (Fsp3) is 0.409. The topological polar surface area (TPSA) is 66.7 Å². The maximum Gasteiger partial charge on any atom is 0.270 e. The maximum absolute atomic E-state index is 12.4. The standard InChI is InChI=1S/C22H27ClN4O2/c1-16(2)18-5-3-17(4-6-18)15-26-9-11-27(12-10-26)21(28)14-25-22(29)20-13-19(23)7-8-24-20/h3-8,13,16H,9-12,14-15H2,1-2H3,(H,25,29)/p+1. The molecule has 2 amide bonds. The van der Waals surface area contributed by atoms with Gasteiger partial charge >= 0.3 is 0 Å². The van der Waals surface area contributed by atoms with Crippen LogP contribution in [0.25, 0.3) is 0 Å².